The summed E-state index contributed by atoms with van der Waals surface area (Å²) in [6.45, 7) is 4.29. The number of hydrogen-bond donors (Lipinski definition) is 2. The highest BCUT2D eigenvalue weighted by Gasteiger charge is 2.25. The first kappa shape index (κ1) is 13.3. The third-order valence-electron chi connectivity index (χ3n) is 4.19. The van der Waals surface area contributed by atoms with E-state index in [0.717, 1.165) is 41.8 Å². The van der Waals surface area contributed by atoms with Crippen LogP contribution in [0.4, 0.5) is 5.82 Å². The molecule has 0 spiro atoms. The van der Waals surface area contributed by atoms with E-state index in [4.69, 9.17) is 10.7 Å². The van der Waals surface area contributed by atoms with Crippen LogP contribution in [-0.4, -0.2) is 29.3 Å². The number of piperidine rings is 1. The average molecular weight is 271 g/mol. The van der Waals surface area contributed by atoms with Crippen LogP contribution in [0, 0.1) is 5.92 Å². The molecular formula is C16H21N3O. The van der Waals surface area contributed by atoms with Crippen molar-refractivity contribution in [3.63, 3.8) is 0 Å². The first-order chi connectivity index (χ1) is 9.69. The van der Waals surface area contributed by atoms with Crippen LogP contribution in [0.3, 0.4) is 0 Å². The Morgan fingerprint density at radius 2 is 2.20 bits per heavy atom. The summed E-state index contributed by atoms with van der Waals surface area (Å²) in [5.74, 6) is 1.25. The van der Waals surface area contributed by atoms with Crippen molar-refractivity contribution in [2.75, 3.05) is 18.0 Å². The zero-order valence-corrected chi connectivity index (χ0v) is 11.8. The van der Waals surface area contributed by atoms with Gasteiger partial charge in [-0.1, -0.05) is 25.1 Å². The maximum Gasteiger partial charge on any atom is 0.129 e. The molecule has 1 fully saturated rings. The molecule has 2 aromatic rings. The molecule has 1 aliphatic rings. The fourth-order valence-corrected chi connectivity index (χ4v) is 2.90. The zero-order valence-electron chi connectivity index (χ0n) is 11.8. The van der Waals surface area contributed by atoms with Gasteiger partial charge in [-0.2, -0.15) is 0 Å². The Labute approximate surface area is 119 Å². The second-order valence-corrected chi connectivity index (χ2v) is 5.64. The van der Waals surface area contributed by atoms with Crippen LogP contribution in [-0.2, 0) is 6.54 Å². The quantitative estimate of drug-likeness (QED) is 0.875. The third-order valence-corrected chi connectivity index (χ3v) is 4.19. The number of rotatable bonds is 2. The fraction of sp³-hybridized carbons (Fsp3) is 0.438. The minimum Gasteiger partial charge on any atom is -0.393 e. The van der Waals surface area contributed by atoms with E-state index in [9.17, 15) is 5.11 Å². The minimum atomic E-state index is -0.194. The first-order valence-corrected chi connectivity index (χ1v) is 7.21. The third kappa shape index (κ3) is 2.37. The molecule has 1 aromatic carbocycles. The van der Waals surface area contributed by atoms with Crippen molar-refractivity contribution in [2.45, 2.75) is 26.0 Å². The number of aromatic nitrogens is 1. The monoisotopic (exact) mass is 271 g/mol. The first-order valence-electron chi connectivity index (χ1n) is 7.21. The highest BCUT2D eigenvalue weighted by atomic mass is 16.3. The molecule has 4 heteroatoms. The zero-order chi connectivity index (χ0) is 14.1. The molecule has 0 saturated carbocycles. The summed E-state index contributed by atoms with van der Waals surface area (Å²) in [5.41, 5.74) is 8.00. The van der Waals surface area contributed by atoms with Crippen LogP contribution in [0.25, 0.3) is 10.9 Å². The second kappa shape index (κ2) is 5.38. The van der Waals surface area contributed by atoms with E-state index in [-0.39, 0.29) is 12.0 Å². The van der Waals surface area contributed by atoms with Crippen LogP contribution < -0.4 is 10.6 Å². The lowest BCUT2D eigenvalue weighted by Gasteiger charge is -2.35. The molecule has 1 aromatic heterocycles. The minimum absolute atomic E-state index is 0.194. The van der Waals surface area contributed by atoms with Crippen LogP contribution in [0.2, 0.25) is 0 Å². The number of aliphatic hydroxyl groups is 1. The highest BCUT2D eigenvalue weighted by molar-refractivity contribution is 5.84. The number of nitrogens with two attached hydrogens (primary N) is 1. The predicted molar refractivity (Wildman–Crippen MR) is 81.6 cm³/mol. The van der Waals surface area contributed by atoms with Gasteiger partial charge in [-0.3, -0.25) is 0 Å². The molecular weight excluding hydrogens is 250 g/mol. The second-order valence-electron chi connectivity index (χ2n) is 5.64. The van der Waals surface area contributed by atoms with Crippen LogP contribution >= 0.6 is 0 Å². The van der Waals surface area contributed by atoms with Crippen LogP contribution in [0.15, 0.2) is 30.3 Å². The summed E-state index contributed by atoms with van der Waals surface area (Å²) < 4.78 is 0. The van der Waals surface area contributed by atoms with E-state index >= 15 is 0 Å². The van der Waals surface area contributed by atoms with Gasteiger partial charge >= 0.3 is 0 Å². The Kier molecular flexibility index (Phi) is 3.59. The molecule has 0 aliphatic carbocycles. The molecule has 0 amide bonds. The summed E-state index contributed by atoms with van der Waals surface area (Å²) in [4.78, 5) is 7.01. The largest absolute Gasteiger partial charge is 0.393 e. The predicted octanol–water partition coefficient (Wildman–Crippen LogP) is 1.90. The van der Waals surface area contributed by atoms with Crippen molar-refractivity contribution >= 4 is 16.7 Å². The maximum atomic E-state index is 9.85. The van der Waals surface area contributed by atoms with Gasteiger partial charge in [-0.25, -0.2) is 4.98 Å². The van der Waals surface area contributed by atoms with Crippen LogP contribution in [0.1, 0.15) is 18.9 Å². The van der Waals surface area contributed by atoms with E-state index in [1.807, 2.05) is 18.2 Å². The van der Waals surface area contributed by atoms with Gasteiger partial charge < -0.3 is 15.7 Å². The molecule has 20 heavy (non-hydrogen) atoms. The van der Waals surface area contributed by atoms with Crippen molar-refractivity contribution in [2.24, 2.45) is 11.7 Å². The molecule has 3 N–H and O–H groups in total. The van der Waals surface area contributed by atoms with Gasteiger partial charge in [0.2, 0.25) is 0 Å². The Morgan fingerprint density at radius 3 is 2.95 bits per heavy atom. The molecule has 106 valence electrons. The van der Waals surface area contributed by atoms with Crippen molar-refractivity contribution in [3.8, 4) is 0 Å². The van der Waals surface area contributed by atoms with Gasteiger partial charge in [0.25, 0.3) is 0 Å². The molecule has 0 radical (unpaired) electrons. The van der Waals surface area contributed by atoms with Gasteiger partial charge in [-0.15, -0.1) is 0 Å². The lowest BCUT2D eigenvalue weighted by atomic mass is 9.96. The number of para-hydroxylation sites is 1. The Morgan fingerprint density at radius 1 is 1.40 bits per heavy atom. The summed E-state index contributed by atoms with van der Waals surface area (Å²) in [5, 5.41) is 11.0. The number of benzene rings is 1. The summed E-state index contributed by atoms with van der Waals surface area (Å²) in [6.07, 6.45) is 0.605. The topological polar surface area (TPSA) is 62.4 Å². The Bertz CT molecular complexity index is 614. The van der Waals surface area contributed by atoms with Gasteiger partial charge in [0.05, 0.1) is 11.6 Å². The average Bonchev–Trinajstić information content (AvgIpc) is 2.49. The molecule has 3 rings (SSSR count). The lowest BCUT2D eigenvalue weighted by molar-refractivity contribution is 0.0969. The molecule has 2 heterocycles. The van der Waals surface area contributed by atoms with Crippen molar-refractivity contribution in [1.82, 2.24) is 4.98 Å². The Hall–Kier alpha value is -1.65. The summed E-state index contributed by atoms with van der Waals surface area (Å²) in [7, 11) is 0. The molecule has 2 atom stereocenters. The number of aliphatic hydroxyl groups excluding tert-OH is 1. The SMILES string of the molecule is CC1CN(c2cc(CN)c3ccccc3n2)CCC1O. The van der Waals surface area contributed by atoms with Gasteiger partial charge in [0.1, 0.15) is 5.82 Å². The lowest BCUT2D eigenvalue weighted by Crippen LogP contribution is -2.42. The highest BCUT2D eigenvalue weighted by Crippen LogP contribution is 2.26. The fourth-order valence-electron chi connectivity index (χ4n) is 2.90. The van der Waals surface area contributed by atoms with E-state index in [1.165, 1.54) is 0 Å². The van der Waals surface area contributed by atoms with Gasteiger partial charge in [0, 0.05) is 25.0 Å². The number of nitrogens with zero attached hydrogens (tertiary/aromatic N) is 2. The van der Waals surface area contributed by atoms with Crippen molar-refractivity contribution in [3.05, 3.63) is 35.9 Å². The van der Waals surface area contributed by atoms with E-state index in [0.29, 0.717) is 6.54 Å². The maximum absolute atomic E-state index is 9.85. The van der Waals surface area contributed by atoms with Gasteiger partial charge in [0.15, 0.2) is 0 Å². The molecule has 4 nitrogen and oxygen atoms in total. The number of anilines is 1. The van der Waals surface area contributed by atoms with E-state index in [1.54, 1.807) is 0 Å². The smallest absolute Gasteiger partial charge is 0.129 e. The number of fused-ring (bicyclic) bond motifs is 1. The standard InChI is InChI=1S/C16H21N3O/c1-11-10-19(7-6-15(11)20)16-8-12(9-17)13-4-2-3-5-14(13)18-16/h2-5,8,11,15,20H,6-7,9-10,17H2,1H3. The van der Waals surface area contributed by atoms with Crippen molar-refractivity contribution in [1.29, 1.82) is 0 Å². The normalized spacial score (nSPS) is 23.2. The molecule has 0 bridgehead atoms. The molecule has 1 saturated heterocycles. The molecule has 1 aliphatic heterocycles. The Balaban J connectivity index is 1.99. The molecule has 2 unspecified atom stereocenters. The van der Waals surface area contributed by atoms with Gasteiger partial charge in [-0.05, 0) is 30.0 Å². The summed E-state index contributed by atoms with van der Waals surface area (Å²) in [6, 6.07) is 10.2. The van der Waals surface area contributed by atoms with E-state index < -0.39 is 0 Å². The van der Waals surface area contributed by atoms with E-state index in [2.05, 4.69) is 24.0 Å². The van der Waals surface area contributed by atoms with Crippen molar-refractivity contribution < 1.29 is 5.11 Å². The number of hydrogen-bond acceptors (Lipinski definition) is 4. The summed E-state index contributed by atoms with van der Waals surface area (Å²) >= 11 is 0. The number of pyridine rings is 1. The van der Waals surface area contributed by atoms with Crippen LogP contribution in [0.5, 0.6) is 0 Å².